The predicted octanol–water partition coefficient (Wildman–Crippen LogP) is 1.33. The lowest BCUT2D eigenvalue weighted by Gasteiger charge is -1.93. The zero-order valence-electron chi connectivity index (χ0n) is 9.29. The van der Waals surface area contributed by atoms with Crippen molar-refractivity contribution in [1.29, 1.82) is 0 Å². The van der Waals surface area contributed by atoms with E-state index in [1.807, 2.05) is 0 Å². The number of sulfone groups is 1. The summed E-state index contributed by atoms with van der Waals surface area (Å²) >= 11 is 1.10. The first-order valence-electron chi connectivity index (χ1n) is 5.43. The molecule has 1 fully saturated rings. The van der Waals surface area contributed by atoms with Crippen molar-refractivity contribution in [2.75, 3.05) is 0 Å². The van der Waals surface area contributed by atoms with Crippen molar-refractivity contribution < 1.29 is 13.2 Å². The van der Waals surface area contributed by atoms with E-state index >= 15 is 0 Å². The number of rotatable bonds is 3. The highest BCUT2D eigenvalue weighted by atomic mass is 32.2. The molecule has 0 unspecified atom stereocenters. The van der Waals surface area contributed by atoms with Crippen molar-refractivity contribution >= 4 is 37.3 Å². The molecule has 18 heavy (non-hydrogen) atoms. The predicted molar refractivity (Wildman–Crippen MR) is 68.3 cm³/mol. The van der Waals surface area contributed by atoms with Gasteiger partial charge in [0.1, 0.15) is 0 Å². The molecule has 0 radical (unpaired) electrons. The molecule has 0 aliphatic heterocycles. The molecular weight excluding hydrogens is 272 g/mol. The monoisotopic (exact) mass is 282 g/mol. The van der Waals surface area contributed by atoms with E-state index in [4.69, 9.17) is 5.73 Å². The van der Waals surface area contributed by atoms with Gasteiger partial charge in [-0.2, -0.15) is 0 Å². The van der Waals surface area contributed by atoms with E-state index in [2.05, 4.69) is 4.98 Å². The lowest BCUT2D eigenvalue weighted by atomic mass is 10.2. The average molecular weight is 282 g/mol. The molecule has 1 aliphatic rings. The molecule has 7 heteroatoms. The van der Waals surface area contributed by atoms with Gasteiger partial charge in [-0.3, -0.25) is 4.79 Å². The normalized spacial score (nSPS) is 16.0. The summed E-state index contributed by atoms with van der Waals surface area (Å²) in [5, 5.41) is -0.270. The Balaban J connectivity index is 2.14. The number of amides is 1. The standard InChI is InChI=1S/C11H10N2O3S2/c12-10(14)6-1-4-8-9(5-6)17-11(13-8)18(15,16)7-2-3-7/h1,4-5,7H,2-3H2,(H2,12,14). The Morgan fingerprint density at radius 1 is 1.39 bits per heavy atom. The lowest BCUT2D eigenvalue weighted by molar-refractivity contribution is 0.100. The maximum atomic E-state index is 12.0. The molecular formula is C11H10N2O3S2. The maximum absolute atomic E-state index is 12.0. The van der Waals surface area contributed by atoms with Gasteiger partial charge in [0.2, 0.25) is 20.1 Å². The Hall–Kier alpha value is -1.47. The third-order valence-corrected chi connectivity index (χ3v) is 6.55. The minimum Gasteiger partial charge on any atom is -0.366 e. The highest BCUT2D eigenvalue weighted by Crippen LogP contribution is 2.36. The molecule has 2 N–H and O–H groups in total. The van der Waals surface area contributed by atoms with Gasteiger partial charge in [0.15, 0.2) is 0 Å². The van der Waals surface area contributed by atoms with Crippen LogP contribution in [0.25, 0.3) is 10.2 Å². The Labute approximate surface area is 108 Å². The van der Waals surface area contributed by atoms with Gasteiger partial charge in [0.25, 0.3) is 0 Å². The summed E-state index contributed by atoms with van der Waals surface area (Å²) in [5.41, 5.74) is 6.13. The molecule has 1 aromatic carbocycles. The Bertz CT molecular complexity index is 745. The fourth-order valence-electron chi connectivity index (χ4n) is 1.70. The Morgan fingerprint density at radius 3 is 2.72 bits per heavy atom. The largest absolute Gasteiger partial charge is 0.366 e. The quantitative estimate of drug-likeness (QED) is 0.919. The number of aromatic nitrogens is 1. The number of nitrogens with zero attached hydrogens (tertiary/aromatic N) is 1. The number of hydrogen-bond donors (Lipinski definition) is 1. The second kappa shape index (κ2) is 3.76. The van der Waals surface area contributed by atoms with Gasteiger partial charge in [-0.15, -0.1) is 11.3 Å². The van der Waals surface area contributed by atoms with E-state index in [1.54, 1.807) is 18.2 Å². The lowest BCUT2D eigenvalue weighted by Crippen LogP contribution is -2.10. The van der Waals surface area contributed by atoms with E-state index in [1.165, 1.54) is 0 Å². The van der Waals surface area contributed by atoms with Crippen LogP contribution in [-0.4, -0.2) is 24.6 Å². The molecule has 1 aliphatic carbocycles. The van der Waals surface area contributed by atoms with Crippen LogP contribution in [0.3, 0.4) is 0 Å². The maximum Gasteiger partial charge on any atom is 0.248 e. The Kier molecular flexibility index (Phi) is 2.43. The fourth-order valence-corrected chi connectivity index (χ4v) is 4.85. The summed E-state index contributed by atoms with van der Waals surface area (Å²) in [5.74, 6) is -0.531. The van der Waals surface area contributed by atoms with Crippen molar-refractivity contribution in [3.8, 4) is 0 Å². The van der Waals surface area contributed by atoms with E-state index in [0.717, 1.165) is 11.3 Å². The van der Waals surface area contributed by atoms with Crippen molar-refractivity contribution in [2.24, 2.45) is 5.73 Å². The molecule has 0 bridgehead atoms. The van der Waals surface area contributed by atoms with Crippen molar-refractivity contribution in [3.63, 3.8) is 0 Å². The van der Waals surface area contributed by atoms with Crippen molar-refractivity contribution in [2.45, 2.75) is 22.4 Å². The molecule has 3 rings (SSSR count). The van der Waals surface area contributed by atoms with Gasteiger partial charge in [0.05, 0.1) is 15.5 Å². The molecule has 0 saturated heterocycles. The van der Waals surface area contributed by atoms with Crippen LogP contribution in [0.15, 0.2) is 22.5 Å². The Morgan fingerprint density at radius 2 is 2.11 bits per heavy atom. The molecule has 5 nitrogen and oxygen atoms in total. The van der Waals surface area contributed by atoms with Crippen LogP contribution in [0.2, 0.25) is 0 Å². The first-order valence-corrected chi connectivity index (χ1v) is 7.79. The van der Waals surface area contributed by atoms with Crippen molar-refractivity contribution in [3.05, 3.63) is 23.8 Å². The first-order chi connectivity index (χ1) is 8.48. The van der Waals surface area contributed by atoms with Crippen LogP contribution in [-0.2, 0) is 9.84 Å². The summed E-state index contributed by atoms with van der Waals surface area (Å²) < 4.78 is 24.9. The molecule has 0 atom stereocenters. The number of hydrogen-bond acceptors (Lipinski definition) is 5. The molecule has 1 saturated carbocycles. The van der Waals surface area contributed by atoms with E-state index in [0.29, 0.717) is 28.6 Å². The molecule has 94 valence electrons. The van der Waals surface area contributed by atoms with Crippen molar-refractivity contribution in [1.82, 2.24) is 4.98 Å². The second-order valence-electron chi connectivity index (χ2n) is 4.27. The summed E-state index contributed by atoms with van der Waals surface area (Å²) in [6, 6.07) is 4.76. The summed E-state index contributed by atoms with van der Waals surface area (Å²) in [6.07, 6.45) is 1.43. The van der Waals surface area contributed by atoms with E-state index in [9.17, 15) is 13.2 Å². The highest BCUT2D eigenvalue weighted by Gasteiger charge is 2.39. The zero-order valence-corrected chi connectivity index (χ0v) is 10.9. The highest BCUT2D eigenvalue weighted by molar-refractivity contribution is 7.94. The van der Waals surface area contributed by atoms with Gasteiger partial charge >= 0.3 is 0 Å². The van der Waals surface area contributed by atoms with Gasteiger partial charge < -0.3 is 5.73 Å². The number of carbonyl (C=O) groups is 1. The van der Waals surface area contributed by atoms with Crippen LogP contribution in [0.1, 0.15) is 23.2 Å². The minimum absolute atomic E-state index is 0.140. The van der Waals surface area contributed by atoms with Crippen LogP contribution in [0.5, 0.6) is 0 Å². The average Bonchev–Trinajstić information content (AvgIpc) is 3.08. The molecule has 0 spiro atoms. The van der Waals surface area contributed by atoms with Gasteiger partial charge in [-0.1, -0.05) is 0 Å². The SMILES string of the molecule is NC(=O)c1ccc2nc(S(=O)(=O)C3CC3)sc2c1. The second-order valence-corrected chi connectivity index (χ2v) is 7.70. The van der Waals surface area contributed by atoms with Gasteiger partial charge in [0, 0.05) is 5.56 Å². The number of benzene rings is 1. The van der Waals surface area contributed by atoms with Gasteiger partial charge in [-0.05, 0) is 31.0 Å². The number of carbonyl (C=O) groups excluding carboxylic acids is 1. The molecule has 2 aromatic rings. The summed E-state index contributed by atoms with van der Waals surface area (Å²) in [4.78, 5) is 15.2. The molecule has 1 amide bonds. The minimum atomic E-state index is -3.27. The van der Waals surface area contributed by atoms with E-state index < -0.39 is 15.7 Å². The summed E-state index contributed by atoms with van der Waals surface area (Å²) in [7, 11) is -3.27. The van der Waals surface area contributed by atoms with Crippen LogP contribution in [0.4, 0.5) is 0 Å². The third kappa shape index (κ3) is 1.79. The molecule has 1 aromatic heterocycles. The zero-order chi connectivity index (χ0) is 12.9. The summed E-state index contributed by atoms with van der Waals surface area (Å²) in [6.45, 7) is 0. The van der Waals surface area contributed by atoms with Crippen LogP contribution >= 0.6 is 11.3 Å². The van der Waals surface area contributed by atoms with Gasteiger partial charge in [-0.25, -0.2) is 13.4 Å². The van der Waals surface area contributed by atoms with Crippen LogP contribution in [0, 0.1) is 0 Å². The third-order valence-electron chi connectivity index (χ3n) is 2.86. The number of primary amides is 1. The number of thiazole rings is 1. The number of nitrogens with two attached hydrogens (primary N) is 1. The smallest absolute Gasteiger partial charge is 0.248 e. The topological polar surface area (TPSA) is 90.1 Å². The molecule has 1 heterocycles. The van der Waals surface area contributed by atoms with Crippen LogP contribution < -0.4 is 5.73 Å². The van der Waals surface area contributed by atoms with E-state index in [-0.39, 0.29) is 9.59 Å². The first kappa shape index (κ1) is 11.6. The fraction of sp³-hybridized carbons (Fsp3) is 0.273. The number of fused-ring (bicyclic) bond motifs is 1.